The highest BCUT2D eigenvalue weighted by molar-refractivity contribution is 5.96. The average Bonchev–Trinajstić information content (AvgIpc) is 2.91. The number of fused-ring (bicyclic) bond motifs is 1. The van der Waals surface area contributed by atoms with Crippen LogP contribution in [-0.2, 0) is 17.6 Å². The summed E-state index contributed by atoms with van der Waals surface area (Å²) < 4.78 is 5.06. The summed E-state index contributed by atoms with van der Waals surface area (Å²) in [5.41, 5.74) is 3.70. The van der Waals surface area contributed by atoms with E-state index in [1.54, 1.807) is 4.90 Å². The van der Waals surface area contributed by atoms with Crippen molar-refractivity contribution in [3.63, 3.8) is 0 Å². The fourth-order valence-electron chi connectivity index (χ4n) is 4.18. The van der Waals surface area contributed by atoms with Crippen LogP contribution in [0.2, 0.25) is 0 Å². The van der Waals surface area contributed by atoms with Crippen LogP contribution in [0.25, 0.3) is 0 Å². The summed E-state index contributed by atoms with van der Waals surface area (Å²) in [4.78, 5) is 26.2. The number of amides is 1. The number of ketones is 1. The maximum absolute atomic E-state index is 12.6. The van der Waals surface area contributed by atoms with Crippen molar-refractivity contribution in [1.82, 2.24) is 4.90 Å². The summed E-state index contributed by atoms with van der Waals surface area (Å²) in [5.74, 6) is 0.801. The summed E-state index contributed by atoms with van der Waals surface area (Å²) >= 11 is 0. The molecule has 1 aromatic carbocycles. The zero-order chi connectivity index (χ0) is 18.4. The Morgan fingerprint density at radius 2 is 1.81 bits per heavy atom. The second kappa shape index (κ2) is 9.20. The number of rotatable bonds is 5. The number of carbonyl (C=O) groups excluding carboxylic acids is 2. The lowest BCUT2D eigenvalue weighted by molar-refractivity contribution is 0.0872. The first kappa shape index (κ1) is 18.9. The van der Waals surface area contributed by atoms with Gasteiger partial charge in [0.15, 0.2) is 5.78 Å². The highest BCUT2D eigenvalue weighted by Gasteiger charge is 2.24. The van der Waals surface area contributed by atoms with E-state index in [1.807, 2.05) is 13.0 Å². The lowest BCUT2D eigenvalue weighted by Gasteiger charge is -2.31. The fraction of sp³-hybridized carbons (Fsp3) is 0.636. The molecule has 0 bridgehead atoms. The number of hydrogen-bond acceptors (Lipinski definition) is 3. The van der Waals surface area contributed by atoms with Crippen molar-refractivity contribution >= 4 is 11.9 Å². The Hall–Kier alpha value is -1.84. The van der Waals surface area contributed by atoms with E-state index < -0.39 is 0 Å². The van der Waals surface area contributed by atoms with Gasteiger partial charge in [0, 0.05) is 25.1 Å². The van der Waals surface area contributed by atoms with Crippen molar-refractivity contribution in [3.05, 3.63) is 34.9 Å². The van der Waals surface area contributed by atoms with Gasteiger partial charge >= 0.3 is 6.09 Å². The van der Waals surface area contributed by atoms with Crippen LogP contribution in [0, 0.1) is 5.92 Å². The molecule has 1 heterocycles. The zero-order valence-electron chi connectivity index (χ0n) is 16.0. The SMILES string of the molecule is CCOC(=O)N1CCC(CCC(=O)c2ccc3c(c2)CCCCC3)CC1. The maximum atomic E-state index is 12.6. The van der Waals surface area contributed by atoms with E-state index in [9.17, 15) is 9.59 Å². The van der Waals surface area contributed by atoms with Crippen LogP contribution in [0.3, 0.4) is 0 Å². The first-order chi connectivity index (χ1) is 12.7. The van der Waals surface area contributed by atoms with E-state index in [0.29, 0.717) is 18.9 Å². The van der Waals surface area contributed by atoms with Gasteiger partial charge in [0.25, 0.3) is 0 Å². The summed E-state index contributed by atoms with van der Waals surface area (Å²) in [6.45, 7) is 3.75. The molecular weight excluding hydrogens is 326 g/mol. The van der Waals surface area contributed by atoms with Gasteiger partial charge in [0.05, 0.1) is 6.61 Å². The molecule has 142 valence electrons. The molecule has 0 atom stereocenters. The predicted molar refractivity (Wildman–Crippen MR) is 103 cm³/mol. The van der Waals surface area contributed by atoms with Gasteiger partial charge in [0.1, 0.15) is 0 Å². The number of benzene rings is 1. The normalized spacial score (nSPS) is 18.1. The molecule has 4 heteroatoms. The molecule has 26 heavy (non-hydrogen) atoms. The van der Waals surface area contributed by atoms with Crippen molar-refractivity contribution in [2.75, 3.05) is 19.7 Å². The molecule has 0 radical (unpaired) electrons. The van der Waals surface area contributed by atoms with Crippen LogP contribution in [0.5, 0.6) is 0 Å². The van der Waals surface area contributed by atoms with Crippen LogP contribution in [0.15, 0.2) is 18.2 Å². The molecule has 0 spiro atoms. The quantitative estimate of drug-likeness (QED) is 0.562. The average molecular weight is 357 g/mol. The third kappa shape index (κ3) is 4.87. The van der Waals surface area contributed by atoms with E-state index in [4.69, 9.17) is 4.74 Å². The molecule has 1 aliphatic carbocycles. The van der Waals surface area contributed by atoms with Gasteiger partial charge in [-0.25, -0.2) is 4.79 Å². The van der Waals surface area contributed by atoms with Gasteiger partial charge in [-0.3, -0.25) is 4.79 Å². The topological polar surface area (TPSA) is 46.6 Å². The third-order valence-corrected chi connectivity index (χ3v) is 5.84. The van der Waals surface area contributed by atoms with Crippen molar-refractivity contribution < 1.29 is 14.3 Å². The molecule has 4 nitrogen and oxygen atoms in total. The second-order valence-electron chi connectivity index (χ2n) is 7.64. The molecule has 1 saturated heterocycles. The van der Waals surface area contributed by atoms with Crippen molar-refractivity contribution in [3.8, 4) is 0 Å². The van der Waals surface area contributed by atoms with E-state index in [0.717, 1.165) is 50.8 Å². The lowest BCUT2D eigenvalue weighted by atomic mass is 9.90. The van der Waals surface area contributed by atoms with Crippen LogP contribution >= 0.6 is 0 Å². The summed E-state index contributed by atoms with van der Waals surface area (Å²) in [7, 11) is 0. The Morgan fingerprint density at radius 1 is 1.08 bits per heavy atom. The van der Waals surface area contributed by atoms with Crippen LogP contribution < -0.4 is 0 Å². The van der Waals surface area contributed by atoms with Gasteiger partial charge < -0.3 is 9.64 Å². The molecule has 0 aromatic heterocycles. The number of aryl methyl sites for hydroxylation is 2. The molecule has 0 N–H and O–H groups in total. The number of nitrogens with zero attached hydrogens (tertiary/aromatic N) is 1. The Kier molecular flexibility index (Phi) is 6.70. The molecule has 1 amide bonds. The number of Topliss-reactive ketones (excluding diaryl/α,β-unsaturated/α-hetero) is 1. The Labute approximate surface area is 156 Å². The standard InChI is InChI=1S/C22H31NO3/c1-2-26-22(25)23-14-12-17(13-15-23)8-11-21(24)20-10-9-18-6-4-3-5-7-19(18)16-20/h9-10,16-17H,2-8,11-15H2,1H3. The first-order valence-electron chi connectivity index (χ1n) is 10.2. The summed E-state index contributed by atoms with van der Waals surface area (Å²) in [6.07, 6.45) is 9.34. The minimum Gasteiger partial charge on any atom is -0.450 e. The maximum Gasteiger partial charge on any atom is 0.409 e. The Morgan fingerprint density at radius 3 is 2.54 bits per heavy atom. The van der Waals surface area contributed by atoms with E-state index >= 15 is 0 Å². The van der Waals surface area contributed by atoms with Gasteiger partial charge in [-0.15, -0.1) is 0 Å². The number of carbonyl (C=O) groups is 2. The second-order valence-corrected chi connectivity index (χ2v) is 7.64. The first-order valence-corrected chi connectivity index (χ1v) is 10.2. The minimum absolute atomic E-state index is 0.202. The molecule has 0 unspecified atom stereocenters. The molecule has 1 fully saturated rings. The fourth-order valence-corrected chi connectivity index (χ4v) is 4.18. The molecule has 1 aromatic rings. The Balaban J connectivity index is 1.47. The molecule has 0 saturated carbocycles. The molecular formula is C22H31NO3. The summed E-state index contributed by atoms with van der Waals surface area (Å²) in [6, 6.07) is 6.34. The monoisotopic (exact) mass is 357 g/mol. The Bertz CT molecular complexity index is 632. The van der Waals surface area contributed by atoms with Gasteiger partial charge in [-0.1, -0.05) is 18.6 Å². The number of likely N-dealkylation sites (tertiary alicyclic amines) is 1. The van der Waals surface area contributed by atoms with Crippen molar-refractivity contribution in [2.45, 2.75) is 64.7 Å². The molecule has 1 aliphatic heterocycles. The highest BCUT2D eigenvalue weighted by atomic mass is 16.6. The lowest BCUT2D eigenvalue weighted by Crippen LogP contribution is -2.38. The van der Waals surface area contributed by atoms with Crippen molar-refractivity contribution in [1.29, 1.82) is 0 Å². The van der Waals surface area contributed by atoms with Crippen molar-refractivity contribution in [2.24, 2.45) is 5.92 Å². The largest absolute Gasteiger partial charge is 0.450 e. The predicted octanol–water partition coefficient (Wildman–Crippen LogP) is 4.79. The van der Waals surface area contributed by atoms with Gasteiger partial charge in [0.2, 0.25) is 0 Å². The van der Waals surface area contributed by atoms with Crippen LogP contribution in [-0.4, -0.2) is 36.5 Å². The molecule has 2 aliphatic rings. The summed E-state index contributed by atoms with van der Waals surface area (Å²) in [5, 5.41) is 0. The number of piperidine rings is 1. The number of ether oxygens (including phenoxy) is 1. The minimum atomic E-state index is -0.202. The smallest absolute Gasteiger partial charge is 0.409 e. The number of hydrogen-bond donors (Lipinski definition) is 0. The van der Waals surface area contributed by atoms with Crippen LogP contribution in [0.4, 0.5) is 4.79 Å². The zero-order valence-corrected chi connectivity index (χ0v) is 16.0. The third-order valence-electron chi connectivity index (χ3n) is 5.84. The molecule has 3 rings (SSSR count). The van der Waals surface area contributed by atoms with E-state index in [1.165, 1.54) is 30.4 Å². The highest BCUT2D eigenvalue weighted by Crippen LogP contribution is 2.25. The van der Waals surface area contributed by atoms with Gasteiger partial charge in [-0.05, 0) is 75.0 Å². The van der Waals surface area contributed by atoms with E-state index in [-0.39, 0.29) is 11.9 Å². The van der Waals surface area contributed by atoms with Crippen LogP contribution in [0.1, 0.15) is 73.4 Å². The van der Waals surface area contributed by atoms with Gasteiger partial charge in [-0.2, -0.15) is 0 Å². The van der Waals surface area contributed by atoms with E-state index in [2.05, 4.69) is 12.1 Å².